The summed E-state index contributed by atoms with van der Waals surface area (Å²) in [6, 6.07) is 5.56. The molecule has 1 aliphatic heterocycles. The number of hydrogen-bond acceptors (Lipinski definition) is 3. The van der Waals surface area contributed by atoms with Crippen LogP contribution in [-0.2, 0) is 0 Å². The molecule has 140 valence electrons. The summed E-state index contributed by atoms with van der Waals surface area (Å²) in [5.41, 5.74) is 2.08. The summed E-state index contributed by atoms with van der Waals surface area (Å²) in [7, 11) is 0. The lowest BCUT2D eigenvalue weighted by atomic mass is 9.86. The second kappa shape index (κ2) is 7.72. The van der Waals surface area contributed by atoms with Gasteiger partial charge in [0.1, 0.15) is 5.69 Å². The molecule has 3 N–H and O–H groups in total. The molecule has 26 heavy (non-hydrogen) atoms. The molecule has 1 saturated heterocycles. The van der Waals surface area contributed by atoms with Crippen LogP contribution >= 0.6 is 12.4 Å². The molecule has 4 rings (SSSR count). The van der Waals surface area contributed by atoms with Crippen LogP contribution in [-0.4, -0.2) is 35.2 Å². The molecular formula is C18H21ClF2N4O. The molecule has 1 aromatic heterocycles. The highest BCUT2D eigenvalue weighted by Gasteiger charge is 2.30. The van der Waals surface area contributed by atoms with Crippen molar-refractivity contribution in [2.24, 2.45) is 0 Å². The van der Waals surface area contributed by atoms with E-state index in [2.05, 4.69) is 20.8 Å². The monoisotopic (exact) mass is 382 g/mol. The average molecular weight is 383 g/mol. The van der Waals surface area contributed by atoms with Crippen LogP contribution in [0.3, 0.4) is 0 Å². The van der Waals surface area contributed by atoms with Crippen molar-refractivity contribution in [3.8, 4) is 0 Å². The van der Waals surface area contributed by atoms with Gasteiger partial charge in [-0.25, -0.2) is 8.78 Å². The number of halogens is 3. The molecule has 1 aromatic carbocycles. The minimum atomic E-state index is -0.859. The van der Waals surface area contributed by atoms with Crippen LogP contribution < -0.4 is 10.6 Å². The van der Waals surface area contributed by atoms with Crippen LogP contribution in [0.2, 0.25) is 0 Å². The number of H-pyrrole nitrogens is 1. The lowest BCUT2D eigenvalue weighted by Crippen LogP contribution is -2.50. The van der Waals surface area contributed by atoms with Gasteiger partial charge in [-0.3, -0.25) is 9.89 Å². The number of rotatable bonds is 4. The highest BCUT2D eigenvalue weighted by molar-refractivity contribution is 5.92. The van der Waals surface area contributed by atoms with E-state index in [0.29, 0.717) is 23.7 Å². The molecule has 2 fully saturated rings. The van der Waals surface area contributed by atoms with Crippen molar-refractivity contribution < 1.29 is 13.6 Å². The van der Waals surface area contributed by atoms with Crippen LogP contribution in [0.15, 0.2) is 24.3 Å². The van der Waals surface area contributed by atoms with E-state index in [9.17, 15) is 13.6 Å². The smallest absolute Gasteiger partial charge is 0.272 e. The quantitative estimate of drug-likeness (QED) is 0.761. The van der Waals surface area contributed by atoms with E-state index in [4.69, 9.17) is 0 Å². The Hall–Kier alpha value is -1.99. The molecule has 0 bridgehead atoms. The van der Waals surface area contributed by atoms with Crippen LogP contribution in [0.25, 0.3) is 0 Å². The third kappa shape index (κ3) is 3.88. The molecule has 2 aromatic rings. The van der Waals surface area contributed by atoms with Crippen molar-refractivity contribution in [3.05, 3.63) is 52.9 Å². The number of nitrogens with one attached hydrogen (secondary N) is 3. The second-order valence-corrected chi connectivity index (χ2v) is 6.84. The van der Waals surface area contributed by atoms with Crippen LogP contribution in [0, 0.1) is 11.6 Å². The Balaban J connectivity index is 0.00000196. The molecular weight excluding hydrogens is 362 g/mol. The van der Waals surface area contributed by atoms with E-state index in [0.717, 1.165) is 37.6 Å². The van der Waals surface area contributed by atoms with Gasteiger partial charge in [0.25, 0.3) is 5.91 Å². The first kappa shape index (κ1) is 18.8. The zero-order valence-electron chi connectivity index (χ0n) is 14.1. The largest absolute Gasteiger partial charge is 0.346 e. The van der Waals surface area contributed by atoms with Crippen molar-refractivity contribution in [1.29, 1.82) is 0 Å². The van der Waals surface area contributed by atoms with Crippen molar-refractivity contribution in [2.45, 2.75) is 37.1 Å². The van der Waals surface area contributed by atoms with E-state index in [1.807, 2.05) is 0 Å². The van der Waals surface area contributed by atoms with Gasteiger partial charge in [0.15, 0.2) is 11.6 Å². The molecule has 1 amide bonds. The van der Waals surface area contributed by atoms with Gasteiger partial charge < -0.3 is 10.6 Å². The van der Waals surface area contributed by atoms with Crippen LogP contribution in [0.4, 0.5) is 8.78 Å². The Kier molecular flexibility index (Phi) is 5.58. The first-order valence-corrected chi connectivity index (χ1v) is 8.63. The topological polar surface area (TPSA) is 69.8 Å². The third-order valence-electron chi connectivity index (χ3n) is 5.02. The van der Waals surface area contributed by atoms with Gasteiger partial charge >= 0.3 is 0 Å². The van der Waals surface area contributed by atoms with Gasteiger partial charge in [-0.2, -0.15) is 5.10 Å². The van der Waals surface area contributed by atoms with E-state index in [1.54, 1.807) is 12.1 Å². The molecule has 2 unspecified atom stereocenters. The van der Waals surface area contributed by atoms with Gasteiger partial charge in [-0.1, -0.05) is 6.07 Å². The fourth-order valence-electron chi connectivity index (χ4n) is 3.45. The predicted octanol–water partition coefficient (Wildman–Crippen LogP) is 2.86. The van der Waals surface area contributed by atoms with Crippen LogP contribution in [0.1, 0.15) is 52.8 Å². The summed E-state index contributed by atoms with van der Waals surface area (Å²) in [5, 5.41) is 13.3. The van der Waals surface area contributed by atoms with Gasteiger partial charge in [0.2, 0.25) is 0 Å². The molecule has 0 spiro atoms. The first-order valence-electron chi connectivity index (χ1n) is 8.63. The fourth-order valence-corrected chi connectivity index (χ4v) is 3.45. The van der Waals surface area contributed by atoms with E-state index in [-0.39, 0.29) is 30.3 Å². The number of aromatic amines is 1. The Morgan fingerprint density at radius 3 is 2.69 bits per heavy atom. The highest BCUT2D eigenvalue weighted by atomic mass is 35.5. The minimum absolute atomic E-state index is 0. The van der Waals surface area contributed by atoms with Gasteiger partial charge in [-0.05, 0) is 49.6 Å². The summed E-state index contributed by atoms with van der Waals surface area (Å²) < 4.78 is 26.8. The summed E-state index contributed by atoms with van der Waals surface area (Å²) in [6.45, 7) is 1.35. The Morgan fingerprint density at radius 1 is 1.15 bits per heavy atom. The molecule has 1 aliphatic carbocycles. The Labute approximate surface area is 156 Å². The van der Waals surface area contributed by atoms with Crippen LogP contribution in [0.5, 0.6) is 0 Å². The summed E-state index contributed by atoms with van der Waals surface area (Å²) >= 11 is 0. The molecule has 2 atom stereocenters. The SMILES string of the molecule is Cl.O=C(NC1CNCCC1c1ccc(F)c(F)c1)c1cc(C2CC2)[nH]n1. The maximum atomic E-state index is 13.6. The summed E-state index contributed by atoms with van der Waals surface area (Å²) in [4.78, 5) is 12.5. The number of amides is 1. The standard InChI is InChI=1S/C18H20F2N4O.ClH/c19-13-4-3-11(7-14(13)20)12-5-6-21-9-17(12)22-18(25)16-8-15(23-24-16)10-1-2-10;/h3-4,7-8,10,12,17,21H,1-2,5-6,9H2,(H,22,25)(H,23,24);1H. The minimum Gasteiger partial charge on any atom is -0.346 e. The maximum Gasteiger partial charge on any atom is 0.272 e. The molecule has 5 nitrogen and oxygen atoms in total. The van der Waals surface area contributed by atoms with Gasteiger partial charge in [0.05, 0.1) is 0 Å². The number of aromatic nitrogens is 2. The van der Waals surface area contributed by atoms with Crippen molar-refractivity contribution >= 4 is 18.3 Å². The van der Waals surface area contributed by atoms with Crippen molar-refractivity contribution in [2.75, 3.05) is 13.1 Å². The summed E-state index contributed by atoms with van der Waals surface area (Å²) in [6.07, 6.45) is 3.01. The Morgan fingerprint density at radius 2 is 1.96 bits per heavy atom. The molecule has 0 radical (unpaired) electrons. The predicted molar refractivity (Wildman–Crippen MR) is 95.7 cm³/mol. The van der Waals surface area contributed by atoms with E-state index >= 15 is 0 Å². The Bertz CT molecular complexity index is 793. The zero-order valence-corrected chi connectivity index (χ0v) is 14.9. The van der Waals surface area contributed by atoms with Gasteiger partial charge in [-0.15, -0.1) is 12.4 Å². The highest BCUT2D eigenvalue weighted by Crippen LogP contribution is 2.39. The van der Waals surface area contributed by atoms with Gasteiger partial charge in [0, 0.05) is 30.1 Å². The number of hydrogen-bond donors (Lipinski definition) is 3. The first-order chi connectivity index (χ1) is 12.1. The fraction of sp³-hybridized carbons (Fsp3) is 0.444. The number of piperidine rings is 1. The van der Waals surface area contributed by atoms with E-state index in [1.165, 1.54) is 6.07 Å². The van der Waals surface area contributed by atoms with Crippen molar-refractivity contribution in [3.63, 3.8) is 0 Å². The molecule has 2 aliphatic rings. The molecule has 1 saturated carbocycles. The average Bonchev–Trinajstić information content (AvgIpc) is 3.34. The van der Waals surface area contributed by atoms with Crippen molar-refractivity contribution in [1.82, 2.24) is 20.8 Å². The number of carbonyl (C=O) groups is 1. The summed E-state index contributed by atoms with van der Waals surface area (Å²) in [5.74, 6) is -1.53. The normalized spacial score (nSPS) is 22.5. The molecule has 8 heteroatoms. The zero-order chi connectivity index (χ0) is 17.4. The number of carbonyl (C=O) groups excluding carboxylic acids is 1. The lowest BCUT2D eigenvalue weighted by Gasteiger charge is -2.33. The lowest BCUT2D eigenvalue weighted by molar-refractivity contribution is 0.0919. The van der Waals surface area contributed by atoms with E-state index < -0.39 is 11.6 Å². The molecule has 2 heterocycles. The number of benzene rings is 1. The maximum absolute atomic E-state index is 13.6. The second-order valence-electron chi connectivity index (χ2n) is 6.84. The third-order valence-corrected chi connectivity index (χ3v) is 5.02. The number of nitrogens with zero attached hydrogens (tertiary/aromatic N) is 1.